The van der Waals surface area contributed by atoms with Crippen molar-refractivity contribution in [3.05, 3.63) is 60.2 Å². The summed E-state index contributed by atoms with van der Waals surface area (Å²) < 4.78 is 5.75. The van der Waals surface area contributed by atoms with Gasteiger partial charge in [-0.05, 0) is 42.2 Å². The van der Waals surface area contributed by atoms with Crippen molar-refractivity contribution < 1.29 is 14.3 Å². The molecule has 0 radical (unpaired) electrons. The van der Waals surface area contributed by atoms with Gasteiger partial charge >= 0.3 is 5.97 Å². The molecule has 0 saturated heterocycles. The molecular weight excluding hydrogens is 290 g/mol. The molecule has 2 aromatic carbocycles. The van der Waals surface area contributed by atoms with Crippen molar-refractivity contribution in [3.63, 3.8) is 0 Å². The van der Waals surface area contributed by atoms with Gasteiger partial charge in [0.25, 0.3) is 0 Å². The van der Waals surface area contributed by atoms with Crippen LogP contribution in [0.5, 0.6) is 0 Å². The van der Waals surface area contributed by atoms with E-state index < -0.39 is 5.97 Å². The number of allylic oxidation sites excluding steroid dienone is 1. The molecule has 1 aromatic heterocycles. The second kappa shape index (κ2) is 5.39. The topological polar surface area (TPSA) is 63.3 Å². The summed E-state index contributed by atoms with van der Waals surface area (Å²) in [4.78, 5) is 15.3. The number of oxazole rings is 1. The quantitative estimate of drug-likeness (QED) is 0.783. The molecule has 114 valence electrons. The highest BCUT2D eigenvalue weighted by atomic mass is 16.4. The maximum atomic E-state index is 10.8. The van der Waals surface area contributed by atoms with Crippen molar-refractivity contribution in [1.82, 2.24) is 4.98 Å². The molecule has 1 heterocycles. The summed E-state index contributed by atoms with van der Waals surface area (Å²) in [7, 11) is 0. The number of rotatable bonds is 4. The van der Waals surface area contributed by atoms with Crippen LogP contribution in [0.25, 0.3) is 28.6 Å². The Morgan fingerprint density at radius 3 is 2.65 bits per heavy atom. The van der Waals surface area contributed by atoms with Gasteiger partial charge in [-0.15, -0.1) is 0 Å². The van der Waals surface area contributed by atoms with E-state index >= 15 is 0 Å². The van der Waals surface area contributed by atoms with Crippen LogP contribution in [0, 0.1) is 11.8 Å². The first kappa shape index (κ1) is 13.8. The van der Waals surface area contributed by atoms with E-state index in [0.29, 0.717) is 5.89 Å². The van der Waals surface area contributed by atoms with Gasteiger partial charge in [0.15, 0.2) is 5.58 Å². The number of hydrogen-bond donors (Lipinski definition) is 1. The minimum atomic E-state index is -0.703. The Morgan fingerprint density at radius 1 is 1.17 bits per heavy atom. The molecule has 1 saturated carbocycles. The first-order valence-electron chi connectivity index (χ1n) is 7.58. The van der Waals surface area contributed by atoms with Crippen molar-refractivity contribution >= 4 is 23.1 Å². The average Bonchev–Trinajstić information content (AvgIpc) is 3.23. The average molecular weight is 305 g/mol. The van der Waals surface area contributed by atoms with E-state index in [1.54, 1.807) is 0 Å². The van der Waals surface area contributed by atoms with Gasteiger partial charge in [-0.2, -0.15) is 0 Å². The Morgan fingerprint density at radius 2 is 1.96 bits per heavy atom. The van der Waals surface area contributed by atoms with E-state index in [4.69, 9.17) is 9.52 Å². The molecule has 1 fully saturated rings. The smallest absolute Gasteiger partial charge is 0.307 e. The minimum absolute atomic E-state index is 0.171. The zero-order valence-electron chi connectivity index (χ0n) is 12.3. The maximum Gasteiger partial charge on any atom is 0.307 e. The summed E-state index contributed by atoms with van der Waals surface area (Å²) in [6, 6.07) is 15.6. The second-order valence-corrected chi connectivity index (χ2v) is 5.81. The standard InChI is InChI=1S/C19H15NO3/c21-19(22)15-11-14(15)10-7-12-5-8-13(9-6-12)18-20-16-3-1-2-4-17(16)23-18/h1-10,14-15H,11H2,(H,21,22)/b10-7-/t14-,15-/m1/s1. The van der Waals surface area contributed by atoms with Gasteiger partial charge in [-0.3, -0.25) is 4.79 Å². The first-order chi connectivity index (χ1) is 11.2. The lowest BCUT2D eigenvalue weighted by atomic mass is 10.1. The fourth-order valence-electron chi connectivity index (χ4n) is 2.68. The van der Waals surface area contributed by atoms with Crippen LogP contribution in [0.2, 0.25) is 0 Å². The lowest BCUT2D eigenvalue weighted by Gasteiger charge is -1.97. The van der Waals surface area contributed by atoms with Crippen LogP contribution in [0.15, 0.2) is 59.0 Å². The Labute approximate surface area is 133 Å². The molecule has 1 aliphatic carbocycles. The van der Waals surface area contributed by atoms with Crippen LogP contribution < -0.4 is 0 Å². The molecule has 3 aromatic rings. The van der Waals surface area contributed by atoms with E-state index in [0.717, 1.165) is 28.6 Å². The predicted octanol–water partition coefficient (Wildman–Crippen LogP) is 4.23. The van der Waals surface area contributed by atoms with E-state index in [-0.39, 0.29) is 11.8 Å². The Balaban J connectivity index is 1.51. The summed E-state index contributed by atoms with van der Waals surface area (Å²) in [6.07, 6.45) is 4.70. The molecule has 0 amide bonds. The molecule has 4 heteroatoms. The monoisotopic (exact) mass is 305 g/mol. The van der Waals surface area contributed by atoms with Crippen LogP contribution in [0.3, 0.4) is 0 Å². The van der Waals surface area contributed by atoms with Gasteiger partial charge in [-0.25, -0.2) is 4.98 Å². The third-order valence-corrected chi connectivity index (χ3v) is 4.14. The van der Waals surface area contributed by atoms with E-state index in [9.17, 15) is 4.79 Å². The Hall–Kier alpha value is -2.88. The molecule has 1 N–H and O–H groups in total. The summed E-state index contributed by atoms with van der Waals surface area (Å²) in [5.41, 5.74) is 3.59. The number of carboxylic acids is 1. The van der Waals surface area contributed by atoms with E-state index in [2.05, 4.69) is 4.98 Å². The number of para-hydroxylation sites is 2. The molecular formula is C19H15NO3. The molecule has 0 bridgehead atoms. The van der Waals surface area contributed by atoms with Crippen LogP contribution in [0.1, 0.15) is 12.0 Å². The summed E-state index contributed by atoms with van der Waals surface area (Å²) >= 11 is 0. The Bertz CT molecular complexity index is 859. The van der Waals surface area contributed by atoms with Crippen molar-refractivity contribution in [2.24, 2.45) is 11.8 Å². The largest absolute Gasteiger partial charge is 0.481 e. The fraction of sp³-hybridized carbons (Fsp3) is 0.158. The molecule has 1 aliphatic rings. The fourth-order valence-corrected chi connectivity index (χ4v) is 2.68. The molecule has 0 unspecified atom stereocenters. The minimum Gasteiger partial charge on any atom is -0.481 e. The van der Waals surface area contributed by atoms with Crippen molar-refractivity contribution in [2.45, 2.75) is 6.42 Å². The van der Waals surface area contributed by atoms with Gasteiger partial charge in [0.05, 0.1) is 5.92 Å². The Kier molecular flexibility index (Phi) is 3.23. The molecule has 4 rings (SSSR count). The lowest BCUT2D eigenvalue weighted by Crippen LogP contribution is -1.97. The van der Waals surface area contributed by atoms with E-state index in [1.165, 1.54) is 0 Å². The highest BCUT2D eigenvalue weighted by molar-refractivity contribution is 5.76. The molecule has 4 nitrogen and oxygen atoms in total. The van der Waals surface area contributed by atoms with Crippen molar-refractivity contribution in [3.8, 4) is 11.5 Å². The number of fused-ring (bicyclic) bond motifs is 1. The zero-order chi connectivity index (χ0) is 15.8. The predicted molar refractivity (Wildman–Crippen MR) is 87.7 cm³/mol. The number of aliphatic carboxylic acids is 1. The molecule has 2 atom stereocenters. The van der Waals surface area contributed by atoms with Gasteiger partial charge < -0.3 is 9.52 Å². The van der Waals surface area contributed by atoms with Gasteiger partial charge in [0.2, 0.25) is 5.89 Å². The number of hydrogen-bond acceptors (Lipinski definition) is 3. The number of aromatic nitrogens is 1. The van der Waals surface area contributed by atoms with Gasteiger partial charge in [0, 0.05) is 5.56 Å². The maximum absolute atomic E-state index is 10.8. The zero-order valence-corrected chi connectivity index (χ0v) is 12.3. The van der Waals surface area contributed by atoms with Crippen molar-refractivity contribution in [2.75, 3.05) is 0 Å². The van der Waals surface area contributed by atoms with Crippen molar-refractivity contribution in [1.29, 1.82) is 0 Å². The molecule has 23 heavy (non-hydrogen) atoms. The van der Waals surface area contributed by atoms with Crippen LogP contribution in [-0.4, -0.2) is 16.1 Å². The van der Waals surface area contributed by atoms with Gasteiger partial charge in [-0.1, -0.05) is 36.4 Å². The number of benzene rings is 2. The second-order valence-electron chi connectivity index (χ2n) is 5.81. The number of nitrogens with zero attached hydrogens (tertiary/aromatic N) is 1. The summed E-state index contributed by atoms with van der Waals surface area (Å²) in [6.45, 7) is 0. The van der Waals surface area contributed by atoms with Crippen LogP contribution in [-0.2, 0) is 4.79 Å². The lowest BCUT2D eigenvalue weighted by molar-refractivity contribution is -0.138. The van der Waals surface area contributed by atoms with E-state index in [1.807, 2.05) is 60.7 Å². The van der Waals surface area contributed by atoms with Gasteiger partial charge in [0.1, 0.15) is 5.52 Å². The number of carboxylic acid groups (broad SMARTS) is 1. The SMILES string of the molecule is O=C(O)[C@@H]1C[C@H]1/C=C\c1ccc(-c2nc3ccccc3o2)cc1. The summed E-state index contributed by atoms with van der Waals surface area (Å²) in [5, 5.41) is 8.89. The highest BCUT2D eigenvalue weighted by Gasteiger charge is 2.40. The normalized spacial score (nSPS) is 20.2. The number of carbonyl (C=O) groups is 1. The summed E-state index contributed by atoms with van der Waals surface area (Å²) in [5.74, 6) is -0.129. The first-order valence-corrected chi connectivity index (χ1v) is 7.58. The highest BCUT2D eigenvalue weighted by Crippen LogP contribution is 2.40. The molecule has 0 spiro atoms. The van der Waals surface area contributed by atoms with Crippen LogP contribution >= 0.6 is 0 Å². The molecule has 0 aliphatic heterocycles. The van der Waals surface area contributed by atoms with Crippen LogP contribution in [0.4, 0.5) is 0 Å². The third-order valence-electron chi connectivity index (χ3n) is 4.14. The third kappa shape index (κ3) is 2.75.